The maximum Gasteiger partial charge on any atom is 0.354 e. The summed E-state index contributed by atoms with van der Waals surface area (Å²) in [6, 6.07) is 10.1. The minimum Gasteiger partial charge on any atom is -0.477 e. The Labute approximate surface area is 177 Å². The Morgan fingerprint density at radius 2 is 1.90 bits per heavy atom. The highest BCUT2D eigenvalue weighted by Crippen LogP contribution is 2.34. The van der Waals surface area contributed by atoms with Crippen LogP contribution in [0.2, 0.25) is 10.0 Å². The molecule has 3 aromatic rings. The van der Waals surface area contributed by atoms with Gasteiger partial charge in [-0.25, -0.2) is 9.78 Å². The van der Waals surface area contributed by atoms with Crippen LogP contribution in [-0.4, -0.2) is 52.5 Å². The molecule has 0 radical (unpaired) electrons. The molecule has 0 spiro atoms. The maximum atomic E-state index is 12.7. The van der Waals surface area contributed by atoms with Gasteiger partial charge in [0, 0.05) is 30.7 Å². The molecule has 7 nitrogen and oxygen atoms in total. The molecule has 0 unspecified atom stereocenters. The van der Waals surface area contributed by atoms with Crippen LogP contribution in [-0.2, 0) is 11.3 Å². The fraction of sp³-hybridized carbons (Fsp3) is 0.200. The van der Waals surface area contributed by atoms with Crippen molar-refractivity contribution in [3.05, 3.63) is 64.0 Å². The number of fused-ring (bicyclic) bond motifs is 1. The van der Waals surface area contributed by atoms with Gasteiger partial charge in [0.1, 0.15) is 5.82 Å². The van der Waals surface area contributed by atoms with Crippen LogP contribution >= 0.6 is 23.2 Å². The summed E-state index contributed by atoms with van der Waals surface area (Å²) >= 11 is 12.4. The molecular weight excluding hydrogens is 415 g/mol. The Morgan fingerprint density at radius 1 is 1.14 bits per heavy atom. The Morgan fingerprint density at radius 3 is 2.55 bits per heavy atom. The van der Waals surface area contributed by atoms with E-state index in [2.05, 4.69) is 9.97 Å². The Balaban J connectivity index is 1.90. The fourth-order valence-electron chi connectivity index (χ4n) is 2.90. The second kappa shape index (κ2) is 8.63. The van der Waals surface area contributed by atoms with Crippen molar-refractivity contribution in [2.24, 2.45) is 0 Å². The van der Waals surface area contributed by atoms with Gasteiger partial charge in [-0.3, -0.25) is 9.78 Å². The molecule has 0 bridgehead atoms. The third kappa shape index (κ3) is 4.75. The van der Waals surface area contributed by atoms with E-state index in [-0.39, 0.29) is 18.1 Å². The number of aromatic nitrogens is 2. The lowest BCUT2D eigenvalue weighted by atomic mass is 10.1. The zero-order chi connectivity index (χ0) is 21.1. The van der Waals surface area contributed by atoms with Crippen LogP contribution in [0.4, 0.5) is 5.82 Å². The molecular formula is C20H18Cl2N4O3. The van der Waals surface area contributed by atoms with Gasteiger partial charge >= 0.3 is 5.97 Å². The van der Waals surface area contributed by atoms with Gasteiger partial charge in [0.15, 0.2) is 5.69 Å². The second-order valence-corrected chi connectivity index (χ2v) is 7.39. The lowest BCUT2D eigenvalue weighted by Gasteiger charge is -2.24. The van der Waals surface area contributed by atoms with E-state index < -0.39 is 5.97 Å². The average molecular weight is 433 g/mol. The number of amides is 1. The third-order valence-corrected chi connectivity index (χ3v) is 4.85. The average Bonchev–Trinajstić information content (AvgIpc) is 2.67. The molecule has 0 aliphatic heterocycles. The first-order chi connectivity index (χ1) is 13.8. The van der Waals surface area contributed by atoms with E-state index >= 15 is 0 Å². The number of rotatable bonds is 6. The SMILES string of the molecule is CN(Cc1ccccn1)C(=O)CN(C)c1nc(C(=O)O)cc2cc(Cl)cc(Cl)c12. The van der Waals surface area contributed by atoms with Crippen LogP contribution in [0.15, 0.2) is 42.6 Å². The Kier molecular flexibility index (Phi) is 6.20. The van der Waals surface area contributed by atoms with Crippen LogP contribution < -0.4 is 4.90 Å². The van der Waals surface area contributed by atoms with E-state index in [1.54, 1.807) is 48.3 Å². The van der Waals surface area contributed by atoms with Crippen molar-refractivity contribution in [3.63, 3.8) is 0 Å². The maximum absolute atomic E-state index is 12.7. The van der Waals surface area contributed by atoms with Crippen LogP contribution in [0.3, 0.4) is 0 Å². The van der Waals surface area contributed by atoms with Crippen LogP contribution in [0.1, 0.15) is 16.2 Å². The van der Waals surface area contributed by atoms with Gasteiger partial charge in [-0.05, 0) is 35.7 Å². The number of benzene rings is 1. The molecule has 0 saturated heterocycles. The molecule has 2 aromatic heterocycles. The van der Waals surface area contributed by atoms with Gasteiger partial charge in [-0.1, -0.05) is 29.3 Å². The number of carboxylic acids is 1. The molecule has 0 aliphatic rings. The zero-order valence-corrected chi connectivity index (χ0v) is 17.3. The molecule has 3 rings (SSSR count). The summed E-state index contributed by atoms with van der Waals surface area (Å²) in [6.45, 7) is 0.334. The van der Waals surface area contributed by atoms with Crippen molar-refractivity contribution in [2.45, 2.75) is 6.54 Å². The summed E-state index contributed by atoms with van der Waals surface area (Å²) in [6.07, 6.45) is 1.67. The van der Waals surface area contributed by atoms with Crippen molar-refractivity contribution >= 4 is 51.7 Å². The molecule has 1 amide bonds. The number of hydrogen-bond donors (Lipinski definition) is 1. The number of hydrogen-bond acceptors (Lipinski definition) is 5. The summed E-state index contributed by atoms with van der Waals surface area (Å²) in [5.74, 6) is -1.07. The van der Waals surface area contributed by atoms with Gasteiger partial charge < -0.3 is 14.9 Å². The number of carboxylic acid groups (broad SMARTS) is 1. The molecule has 29 heavy (non-hydrogen) atoms. The first kappa shape index (κ1) is 20.8. The monoisotopic (exact) mass is 432 g/mol. The predicted molar refractivity (Wildman–Crippen MR) is 113 cm³/mol. The number of carbonyl (C=O) groups is 2. The topological polar surface area (TPSA) is 86.6 Å². The Bertz CT molecular complexity index is 1080. The van der Waals surface area contributed by atoms with Crippen LogP contribution in [0.5, 0.6) is 0 Å². The summed E-state index contributed by atoms with van der Waals surface area (Å²) in [7, 11) is 3.33. The number of carbonyl (C=O) groups excluding carboxylic acids is 1. The molecule has 0 saturated carbocycles. The Hall–Kier alpha value is -2.90. The normalized spacial score (nSPS) is 10.8. The number of pyridine rings is 2. The number of aromatic carboxylic acids is 1. The molecule has 0 atom stereocenters. The number of halogens is 2. The summed E-state index contributed by atoms with van der Waals surface area (Å²) in [4.78, 5) is 35.7. The third-order valence-electron chi connectivity index (χ3n) is 4.33. The predicted octanol–water partition coefficient (Wildman–Crippen LogP) is 3.73. The van der Waals surface area contributed by atoms with Crippen LogP contribution in [0, 0.1) is 0 Å². The van der Waals surface area contributed by atoms with E-state index in [1.807, 2.05) is 12.1 Å². The van der Waals surface area contributed by atoms with E-state index in [9.17, 15) is 14.7 Å². The molecule has 9 heteroatoms. The molecule has 150 valence electrons. The smallest absolute Gasteiger partial charge is 0.354 e. The second-order valence-electron chi connectivity index (χ2n) is 6.55. The lowest BCUT2D eigenvalue weighted by molar-refractivity contribution is -0.128. The highest BCUT2D eigenvalue weighted by atomic mass is 35.5. The highest BCUT2D eigenvalue weighted by Gasteiger charge is 2.20. The molecule has 2 heterocycles. The van der Waals surface area contributed by atoms with E-state index in [0.29, 0.717) is 33.2 Å². The van der Waals surface area contributed by atoms with Gasteiger partial charge in [0.05, 0.1) is 23.8 Å². The van der Waals surface area contributed by atoms with Crippen molar-refractivity contribution in [1.29, 1.82) is 0 Å². The fourth-order valence-corrected chi connectivity index (χ4v) is 3.49. The van der Waals surface area contributed by atoms with E-state index in [0.717, 1.165) is 5.69 Å². The van der Waals surface area contributed by atoms with Gasteiger partial charge in [0.2, 0.25) is 5.91 Å². The highest BCUT2D eigenvalue weighted by molar-refractivity contribution is 6.39. The number of likely N-dealkylation sites (N-methyl/N-ethyl adjacent to an activating group) is 2. The van der Waals surface area contributed by atoms with Crippen molar-refractivity contribution in [1.82, 2.24) is 14.9 Å². The lowest BCUT2D eigenvalue weighted by Crippen LogP contribution is -2.37. The first-order valence-corrected chi connectivity index (χ1v) is 9.40. The van der Waals surface area contributed by atoms with Crippen molar-refractivity contribution < 1.29 is 14.7 Å². The first-order valence-electron chi connectivity index (χ1n) is 8.64. The standard InChI is InChI=1S/C20H18Cl2N4O3/c1-25(10-14-5-3-4-6-23-14)17(27)11-26(2)19-18-12(7-13(21)9-15(18)22)8-16(24-19)20(28)29/h3-9H,10-11H2,1-2H3,(H,28,29). The molecule has 1 N–H and O–H groups in total. The minimum absolute atomic E-state index is 0.0204. The summed E-state index contributed by atoms with van der Waals surface area (Å²) in [5.41, 5.74) is 0.604. The summed E-state index contributed by atoms with van der Waals surface area (Å²) < 4.78 is 0. The minimum atomic E-state index is -1.18. The largest absolute Gasteiger partial charge is 0.477 e. The van der Waals surface area contributed by atoms with Gasteiger partial charge in [0.25, 0.3) is 0 Å². The van der Waals surface area contributed by atoms with Gasteiger partial charge in [-0.15, -0.1) is 0 Å². The zero-order valence-electron chi connectivity index (χ0n) is 15.8. The number of anilines is 1. The molecule has 1 aromatic carbocycles. The van der Waals surface area contributed by atoms with E-state index in [4.69, 9.17) is 23.2 Å². The van der Waals surface area contributed by atoms with Crippen molar-refractivity contribution in [2.75, 3.05) is 25.5 Å². The quantitative estimate of drug-likeness (QED) is 0.638. The van der Waals surface area contributed by atoms with E-state index in [1.165, 1.54) is 6.07 Å². The molecule has 0 fully saturated rings. The van der Waals surface area contributed by atoms with Gasteiger partial charge in [-0.2, -0.15) is 0 Å². The molecule has 0 aliphatic carbocycles. The van der Waals surface area contributed by atoms with Crippen LogP contribution in [0.25, 0.3) is 10.8 Å². The van der Waals surface area contributed by atoms with Crippen molar-refractivity contribution in [3.8, 4) is 0 Å². The number of nitrogens with zero attached hydrogens (tertiary/aromatic N) is 4. The summed E-state index contributed by atoms with van der Waals surface area (Å²) in [5, 5.41) is 11.2.